The van der Waals surface area contributed by atoms with Crippen LogP contribution in [0.15, 0.2) is 45.5 Å². The van der Waals surface area contributed by atoms with Crippen LogP contribution < -0.4 is 11.3 Å². The summed E-state index contributed by atoms with van der Waals surface area (Å²) in [5.41, 5.74) is 3.67. The van der Waals surface area contributed by atoms with Gasteiger partial charge in [-0.3, -0.25) is 5.84 Å². The Balaban J connectivity index is 2.16. The fourth-order valence-electron chi connectivity index (χ4n) is 1.64. The molecular formula is C12H12BrFN2O. The van der Waals surface area contributed by atoms with Gasteiger partial charge in [0.05, 0.1) is 16.8 Å². The Kier molecular flexibility index (Phi) is 3.93. The van der Waals surface area contributed by atoms with Gasteiger partial charge in [0.25, 0.3) is 0 Å². The van der Waals surface area contributed by atoms with Gasteiger partial charge >= 0.3 is 0 Å². The molecule has 0 saturated carbocycles. The number of furan rings is 1. The maximum Gasteiger partial charge on any atom is 0.136 e. The first kappa shape index (κ1) is 12.3. The minimum atomic E-state index is -0.245. The summed E-state index contributed by atoms with van der Waals surface area (Å²) in [4.78, 5) is 0. The number of benzene rings is 1. The largest absolute Gasteiger partial charge is 0.466 e. The van der Waals surface area contributed by atoms with Crippen molar-refractivity contribution in [1.82, 2.24) is 5.43 Å². The zero-order chi connectivity index (χ0) is 12.3. The summed E-state index contributed by atoms with van der Waals surface area (Å²) in [5, 5.41) is 0. The Labute approximate surface area is 107 Å². The van der Waals surface area contributed by atoms with Crippen molar-refractivity contribution in [1.29, 1.82) is 0 Å². The molecular weight excluding hydrogens is 287 g/mol. The normalized spacial score (nSPS) is 12.6. The van der Waals surface area contributed by atoms with Crippen LogP contribution in [-0.2, 0) is 6.42 Å². The quantitative estimate of drug-likeness (QED) is 0.674. The highest BCUT2D eigenvalue weighted by Crippen LogP contribution is 2.26. The van der Waals surface area contributed by atoms with E-state index in [1.165, 1.54) is 12.1 Å². The third-order valence-corrected chi connectivity index (χ3v) is 3.17. The summed E-state index contributed by atoms with van der Waals surface area (Å²) >= 11 is 3.38. The van der Waals surface area contributed by atoms with E-state index in [-0.39, 0.29) is 11.9 Å². The van der Waals surface area contributed by atoms with Crippen LogP contribution in [0.3, 0.4) is 0 Å². The second-order valence-electron chi connectivity index (χ2n) is 3.68. The molecule has 0 amide bonds. The second kappa shape index (κ2) is 5.44. The van der Waals surface area contributed by atoms with E-state index >= 15 is 0 Å². The van der Waals surface area contributed by atoms with Crippen molar-refractivity contribution in [3.63, 3.8) is 0 Å². The molecule has 0 aliphatic heterocycles. The van der Waals surface area contributed by atoms with E-state index in [0.717, 1.165) is 15.8 Å². The lowest BCUT2D eigenvalue weighted by Crippen LogP contribution is -2.29. The lowest BCUT2D eigenvalue weighted by molar-refractivity contribution is 0.413. The van der Waals surface area contributed by atoms with Crippen LogP contribution >= 0.6 is 15.9 Å². The van der Waals surface area contributed by atoms with Gasteiger partial charge in [-0.25, -0.2) is 9.82 Å². The molecule has 0 aliphatic carbocycles. The SMILES string of the molecule is NNC(Cc1ccc(F)cc1)c1occc1Br. The highest BCUT2D eigenvalue weighted by atomic mass is 79.9. The molecule has 1 unspecified atom stereocenters. The first-order valence-electron chi connectivity index (χ1n) is 5.14. The molecule has 0 radical (unpaired) electrons. The van der Waals surface area contributed by atoms with Crippen molar-refractivity contribution >= 4 is 15.9 Å². The molecule has 0 saturated heterocycles. The molecule has 0 fully saturated rings. The Bertz CT molecular complexity index is 484. The molecule has 1 heterocycles. The average Bonchev–Trinajstić information content (AvgIpc) is 2.75. The van der Waals surface area contributed by atoms with E-state index in [1.807, 2.05) is 6.07 Å². The van der Waals surface area contributed by atoms with Gasteiger partial charge in [-0.1, -0.05) is 12.1 Å². The Morgan fingerprint density at radius 2 is 2.00 bits per heavy atom. The number of hydrazine groups is 1. The van der Waals surface area contributed by atoms with Crippen molar-refractivity contribution < 1.29 is 8.81 Å². The third kappa shape index (κ3) is 2.94. The third-order valence-electron chi connectivity index (χ3n) is 2.52. The monoisotopic (exact) mass is 298 g/mol. The summed E-state index contributed by atoms with van der Waals surface area (Å²) in [7, 11) is 0. The van der Waals surface area contributed by atoms with E-state index in [2.05, 4.69) is 21.4 Å². The Hall–Kier alpha value is -1.17. The first-order valence-corrected chi connectivity index (χ1v) is 5.93. The van der Waals surface area contributed by atoms with Crippen LogP contribution in [0.25, 0.3) is 0 Å². The maximum absolute atomic E-state index is 12.8. The second-order valence-corrected chi connectivity index (χ2v) is 4.54. The Morgan fingerprint density at radius 3 is 2.53 bits per heavy atom. The zero-order valence-corrected chi connectivity index (χ0v) is 10.6. The highest BCUT2D eigenvalue weighted by molar-refractivity contribution is 9.10. The smallest absolute Gasteiger partial charge is 0.136 e. The summed E-state index contributed by atoms with van der Waals surface area (Å²) in [5.74, 6) is 5.99. The molecule has 5 heteroatoms. The Morgan fingerprint density at radius 1 is 1.29 bits per heavy atom. The molecule has 2 rings (SSSR count). The van der Waals surface area contributed by atoms with Gasteiger partial charge in [-0.15, -0.1) is 0 Å². The van der Waals surface area contributed by atoms with Gasteiger partial charge in [-0.05, 0) is 46.1 Å². The predicted molar refractivity (Wildman–Crippen MR) is 66.6 cm³/mol. The fourth-order valence-corrected chi connectivity index (χ4v) is 2.12. The van der Waals surface area contributed by atoms with E-state index < -0.39 is 0 Å². The highest BCUT2D eigenvalue weighted by Gasteiger charge is 2.16. The van der Waals surface area contributed by atoms with Gasteiger partial charge in [-0.2, -0.15) is 0 Å². The molecule has 0 bridgehead atoms. The number of nitrogens with one attached hydrogen (secondary N) is 1. The molecule has 1 aromatic heterocycles. The van der Waals surface area contributed by atoms with Crippen molar-refractivity contribution in [3.05, 3.63) is 58.2 Å². The van der Waals surface area contributed by atoms with E-state index in [1.54, 1.807) is 18.4 Å². The summed E-state index contributed by atoms with van der Waals surface area (Å²) in [6.07, 6.45) is 2.22. The van der Waals surface area contributed by atoms with Crippen LogP contribution in [0.4, 0.5) is 4.39 Å². The summed E-state index contributed by atoms with van der Waals surface area (Å²) < 4.78 is 19.0. The molecule has 1 aromatic carbocycles. The fraction of sp³-hybridized carbons (Fsp3) is 0.167. The van der Waals surface area contributed by atoms with Gasteiger partial charge in [0.2, 0.25) is 0 Å². The van der Waals surface area contributed by atoms with E-state index in [0.29, 0.717) is 6.42 Å². The van der Waals surface area contributed by atoms with Crippen molar-refractivity contribution in [2.75, 3.05) is 0 Å². The maximum atomic E-state index is 12.8. The van der Waals surface area contributed by atoms with Gasteiger partial charge in [0.15, 0.2) is 0 Å². The summed E-state index contributed by atoms with van der Waals surface area (Å²) in [6.45, 7) is 0. The molecule has 17 heavy (non-hydrogen) atoms. The predicted octanol–water partition coefficient (Wildman–Crippen LogP) is 2.93. The van der Waals surface area contributed by atoms with Crippen LogP contribution in [0.1, 0.15) is 17.4 Å². The molecule has 0 aliphatic rings. The zero-order valence-electron chi connectivity index (χ0n) is 8.99. The first-order chi connectivity index (χ1) is 8.20. The van der Waals surface area contributed by atoms with Crippen molar-refractivity contribution in [3.8, 4) is 0 Å². The van der Waals surface area contributed by atoms with Crippen LogP contribution in [0.2, 0.25) is 0 Å². The lowest BCUT2D eigenvalue weighted by Gasteiger charge is -2.14. The number of hydrogen-bond acceptors (Lipinski definition) is 3. The minimum absolute atomic E-state index is 0.148. The van der Waals surface area contributed by atoms with Gasteiger partial charge in [0, 0.05) is 0 Å². The average molecular weight is 299 g/mol. The standard InChI is InChI=1S/C12H12BrFN2O/c13-10-5-6-17-12(10)11(16-15)7-8-1-3-9(14)4-2-8/h1-6,11,16H,7,15H2. The molecule has 3 nitrogen and oxygen atoms in total. The number of rotatable bonds is 4. The van der Waals surface area contributed by atoms with Crippen molar-refractivity contribution in [2.45, 2.75) is 12.5 Å². The molecule has 90 valence electrons. The number of halogens is 2. The van der Waals surface area contributed by atoms with Crippen LogP contribution in [-0.4, -0.2) is 0 Å². The van der Waals surface area contributed by atoms with Crippen molar-refractivity contribution in [2.24, 2.45) is 5.84 Å². The van der Waals surface area contributed by atoms with Crippen LogP contribution in [0, 0.1) is 5.82 Å². The molecule has 1 atom stereocenters. The van der Waals surface area contributed by atoms with Gasteiger partial charge in [0.1, 0.15) is 11.6 Å². The lowest BCUT2D eigenvalue weighted by atomic mass is 10.0. The molecule has 2 aromatic rings. The van der Waals surface area contributed by atoms with E-state index in [9.17, 15) is 4.39 Å². The minimum Gasteiger partial charge on any atom is -0.466 e. The topological polar surface area (TPSA) is 51.2 Å². The summed E-state index contributed by atoms with van der Waals surface area (Å²) in [6, 6.07) is 7.99. The molecule has 0 spiro atoms. The van der Waals surface area contributed by atoms with Crippen LogP contribution in [0.5, 0.6) is 0 Å². The number of nitrogens with two attached hydrogens (primary N) is 1. The number of hydrogen-bond donors (Lipinski definition) is 2. The van der Waals surface area contributed by atoms with Gasteiger partial charge < -0.3 is 4.42 Å². The van der Waals surface area contributed by atoms with E-state index in [4.69, 9.17) is 10.3 Å². The molecule has 3 N–H and O–H groups in total.